The molecule has 1 heterocycles. The summed E-state index contributed by atoms with van der Waals surface area (Å²) in [4.78, 5) is 37.4. The molecule has 0 aliphatic carbocycles. The second-order valence-corrected chi connectivity index (χ2v) is 7.85. The molecule has 178 valence electrons. The molecule has 3 rings (SSSR count). The van der Waals surface area contributed by atoms with Gasteiger partial charge in [-0.15, -0.1) is 0 Å². The zero-order valence-corrected chi connectivity index (χ0v) is 19.2. The SMILES string of the molecule is CCN(CC(=O)NCc1ccc(F)cc1)C(=O)c1ccc(Cn2nc(C)c([N+](=O)[O-])c2C)cc1. The maximum absolute atomic E-state index is 13.0. The van der Waals surface area contributed by atoms with Gasteiger partial charge in [-0.2, -0.15) is 5.10 Å². The number of rotatable bonds is 9. The number of benzene rings is 2. The Bertz CT molecular complexity index is 1190. The van der Waals surface area contributed by atoms with Gasteiger partial charge < -0.3 is 10.2 Å². The number of nitrogens with zero attached hydrogens (tertiary/aromatic N) is 4. The molecular weight excluding hydrogens is 441 g/mol. The number of carbonyl (C=O) groups is 2. The van der Waals surface area contributed by atoms with E-state index in [0.29, 0.717) is 30.0 Å². The third-order valence-corrected chi connectivity index (χ3v) is 5.47. The Labute approximate surface area is 196 Å². The number of amides is 2. The van der Waals surface area contributed by atoms with Crippen molar-refractivity contribution in [2.75, 3.05) is 13.1 Å². The first-order chi connectivity index (χ1) is 16.2. The monoisotopic (exact) mass is 467 g/mol. The molecule has 1 N–H and O–H groups in total. The molecule has 2 amide bonds. The van der Waals surface area contributed by atoms with Gasteiger partial charge in [-0.25, -0.2) is 4.39 Å². The van der Waals surface area contributed by atoms with Crippen LogP contribution in [0.2, 0.25) is 0 Å². The molecular formula is C24H26FN5O4. The molecule has 34 heavy (non-hydrogen) atoms. The largest absolute Gasteiger partial charge is 0.350 e. The van der Waals surface area contributed by atoms with E-state index in [0.717, 1.165) is 11.1 Å². The highest BCUT2D eigenvalue weighted by atomic mass is 19.1. The van der Waals surface area contributed by atoms with Crippen LogP contribution in [0.3, 0.4) is 0 Å². The van der Waals surface area contributed by atoms with E-state index in [1.807, 2.05) is 0 Å². The summed E-state index contributed by atoms with van der Waals surface area (Å²) < 4.78 is 14.6. The summed E-state index contributed by atoms with van der Waals surface area (Å²) >= 11 is 0. The van der Waals surface area contributed by atoms with Crippen LogP contribution in [0.1, 0.15) is 39.8 Å². The van der Waals surface area contributed by atoms with E-state index < -0.39 is 4.92 Å². The number of aromatic nitrogens is 2. The molecule has 9 nitrogen and oxygen atoms in total. The van der Waals surface area contributed by atoms with Gasteiger partial charge in [0.15, 0.2) is 0 Å². The van der Waals surface area contributed by atoms with Gasteiger partial charge >= 0.3 is 5.69 Å². The standard InChI is InChI=1S/C24H26FN5O4/c1-4-28(15-22(31)26-13-18-7-11-21(25)12-8-18)24(32)20-9-5-19(6-10-20)14-29-17(3)23(30(33)34)16(2)27-29/h5-12H,4,13-15H2,1-3H3,(H,26,31). The van der Waals surface area contributed by atoms with Gasteiger partial charge in [-0.1, -0.05) is 24.3 Å². The summed E-state index contributed by atoms with van der Waals surface area (Å²) in [5.74, 6) is -0.949. The lowest BCUT2D eigenvalue weighted by Crippen LogP contribution is -2.40. The van der Waals surface area contributed by atoms with Crippen LogP contribution >= 0.6 is 0 Å². The first kappa shape index (κ1) is 24.6. The van der Waals surface area contributed by atoms with Crippen molar-refractivity contribution in [3.05, 3.63) is 92.5 Å². The van der Waals surface area contributed by atoms with E-state index in [-0.39, 0.29) is 36.4 Å². The smallest absolute Gasteiger partial charge is 0.312 e. The Morgan fingerprint density at radius 1 is 1.09 bits per heavy atom. The van der Waals surface area contributed by atoms with Crippen molar-refractivity contribution in [3.8, 4) is 0 Å². The zero-order valence-electron chi connectivity index (χ0n) is 19.2. The Morgan fingerprint density at radius 3 is 2.26 bits per heavy atom. The van der Waals surface area contributed by atoms with Gasteiger partial charge in [0.1, 0.15) is 17.2 Å². The van der Waals surface area contributed by atoms with E-state index >= 15 is 0 Å². The van der Waals surface area contributed by atoms with Crippen LogP contribution in [0.15, 0.2) is 48.5 Å². The Morgan fingerprint density at radius 2 is 1.71 bits per heavy atom. The minimum Gasteiger partial charge on any atom is -0.350 e. The second-order valence-electron chi connectivity index (χ2n) is 7.85. The van der Waals surface area contributed by atoms with Gasteiger partial charge in [0.2, 0.25) is 5.91 Å². The number of halogens is 1. The summed E-state index contributed by atoms with van der Waals surface area (Å²) in [6, 6.07) is 12.7. The van der Waals surface area contributed by atoms with Crippen molar-refractivity contribution >= 4 is 17.5 Å². The van der Waals surface area contributed by atoms with Crippen LogP contribution in [0, 0.1) is 29.8 Å². The summed E-state index contributed by atoms with van der Waals surface area (Å²) in [5, 5.41) is 18.2. The summed E-state index contributed by atoms with van der Waals surface area (Å²) in [7, 11) is 0. The lowest BCUT2D eigenvalue weighted by molar-refractivity contribution is -0.386. The van der Waals surface area contributed by atoms with Crippen molar-refractivity contribution in [3.63, 3.8) is 0 Å². The first-order valence-corrected chi connectivity index (χ1v) is 10.8. The van der Waals surface area contributed by atoms with Crippen LogP contribution in [0.4, 0.5) is 10.1 Å². The van der Waals surface area contributed by atoms with E-state index in [2.05, 4.69) is 10.4 Å². The molecule has 0 radical (unpaired) electrons. The molecule has 0 bridgehead atoms. The molecule has 0 unspecified atom stereocenters. The Hall–Kier alpha value is -4.08. The lowest BCUT2D eigenvalue weighted by Gasteiger charge is -2.20. The topological polar surface area (TPSA) is 110 Å². The third kappa shape index (κ3) is 5.83. The third-order valence-electron chi connectivity index (χ3n) is 5.47. The van der Waals surface area contributed by atoms with Gasteiger partial charge in [-0.3, -0.25) is 24.4 Å². The highest BCUT2D eigenvalue weighted by Gasteiger charge is 2.22. The lowest BCUT2D eigenvalue weighted by atomic mass is 10.1. The highest BCUT2D eigenvalue weighted by Crippen LogP contribution is 2.22. The predicted molar refractivity (Wildman–Crippen MR) is 124 cm³/mol. The van der Waals surface area contributed by atoms with Crippen LogP contribution in [0.5, 0.6) is 0 Å². The number of likely N-dealkylation sites (N-methyl/N-ethyl adjacent to an activating group) is 1. The number of aryl methyl sites for hydroxylation is 1. The molecule has 2 aromatic carbocycles. The number of hydrogen-bond acceptors (Lipinski definition) is 5. The predicted octanol–water partition coefficient (Wildman–Crippen LogP) is 3.37. The Kier molecular flexibility index (Phi) is 7.72. The average molecular weight is 468 g/mol. The van der Waals surface area contributed by atoms with Gasteiger partial charge in [-0.05, 0) is 56.2 Å². The maximum atomic E-state index is 13.0. The molecule has 0 aliphatic rings. The fourth-order valence-electron chi connectivity index (χ4n) is 3.57. The molecule has 3 aromatic rings. The fraction of sp³-hybridized carbons (Fsp3) is 0.292. The minimum atomic E-state index is -0.439. The van der Waals surface area contributed by atoms with Gasteiger partial charge in [0, 0.05) is 18.7 Å². The van der Waals surface area contributed by atoms with Crippen molar-refractivity contribution in [2.24, 2.45) is 0 Å². The normalized spacial score (nSPS) is 10.7. The van der Waals surface area contributed by atoms with Gasteiger partial charge in [0.25, 0.3) is 5.91 Å². The molecule has 10 heteroatoms. The van der Waals surface area contributed by atoms with Crippen molar-refractivity contribution < 1.29 is 18.9 Å². The van der Waals surface area contributed by atoms with E-state index in [1.54, 1.807) is 61.9 Å². The number of nitrogens with one attached hydrogen (secondary N) is 1. The van der Waals surface area contributed by atoms with E-state index in [1.165, 1.54) is 17.0 Å². The Balaban J connectivity index is 1.61. The van der Waals surface area contributed by atoms with E-state index in [9.17, 15) is 24.1 Å². The number of nitro groups is 1. The molecule has 0 saturated heterocycles. The minimum absolute atomic E-state index is 0.00286. The van der Waals surface area contributed by atoms with Crippen LogP contribution < -0.4 is 5.32 Å². The first-order valence-electron chi connectivity index (χ1n) is 10.8. The number of carbonyl (C=O) groups excluding carboxylic acids is 2. The zero-order chi connectivity index (χ0) is 24.8. The molecule has 0 spiro atoms. The van der Waals surface area contributed by atoms with Crippen LogP contribution in [-0.2, 0) is 17.9 Å². The molecule has 1 aromatic heterocycles. The van der Waals surface area contributed by atoms with E-state index in [4.69, 9.17) is 0 Å². The molecule has 0 aliphatic heterocycles. The quantitative estimate of drug-likeness (QED) is 0.383. The fourth-order valence-corrected chi connectivity index (χ4v) is 3.57. The van der Waals surface area contributed by atoms with Crippen molar-refractivity contribution in [2.45, 2.75) is 33.9 Å². The van der Waals surface area contributed by atoms with Crippen LogP contribution in [-0.4, -0.2) is 44.5 Å². The second kappa shape index (κ2) is 10.7. The summed E-state index contributed by atoms with van der Waals surface area (Å²) in [5.41, 5.74) is 2.83. The van der Waals surface area contributed by atoms with Crippen molar-refractivity contribution in [1.29, 1.82) is 0 Å². The van der Waals surface area contributed by atoms with Gasteiger partial charge in [0.05, 0.1) is 18.0 Å². The summed E-state index contributed by atoms with van der Waals surface area (Å²) in [6.07, 6.45) is 0. The van der Waals surface area contributed by atoms with Crippen molar-refractivity contribution in [1.82, 2.24) is 20.0 Å². The van der Waals surface area contributed by atoms with Crippen LogP contribution in [0.25, 0.3) is 0 Å². The highest BCUT2D eigenvalue weighted by molar-refractivity contribution is 5.96. The molecule has 0 saturated carbocycles. The molecule has 0 atom stereocenters. The summed E-state index contributed by atoms with van der Waals surface area (Å²) in [6.45, 7) is 5.85. The number of hydrogen-bond donors (Lipinski definition) is 1. The molecule has 0 fully saturated rings. The maximum Gasteiger partial charge on any atom is 0.312 e. The average Bonchev–Trinajstić information content (AvgIpc) is 3.09.